The molecule has 0 spiro atoms. The van der Waals surface area contributed by atoms with Crippen LogP contribution >= 0.6 is 11.3 Å². The maximum atomic E-state index is 12.6. The summed E-state index contributed by atoms with van der Waals surface area (Å²) in [6, 6.07) is 12.7. The van der Waals surface area contributed by atoms with Crippen molar-refractivity contribution in [2.24, 2.45) is 0 Å². The largest absolute Gasteiger partial charge is 0.311 e. The average Bonchev–Trinajstić information content (AvgIpc) is 2.99. The van der Waals surface area contributed by atoms with Crippen LogP contribution in [0.15, 0.2) is 52.1 Å². The van der Waals surface area contributed by atoms with Crippen molar-refractivity contribution in [3.8, 4) is 0 Å². The zero-order chi connectivity index (χ0) is 15.6. The fourth-order valence-corrected chi connectivity index (χ4v) is 5.04. The number of hydrogen-bond donors (Lipinski definition) is 0. The van der Waals surface area contributed by atoms with E-state index in [0.29, 0.717) is 17.3 Å². The van der Waals surface area contributed by atoms with E-state index in [1.165, 1.54) is 15.6 Å². The highest BCUT2D eigenvalue weighted by molar-refractivity contribution is 7.91. The van der Waals surface area contributed by atoms with Gasteiger partial charge in [0.25, 0.3) is 10.0 Å². The normalized spacial score (nSPS) is 17.5. The van der Waals surface area contributed by atoms with Gasteiger partial charge in [0.2, 0.25) is 5.91 Å². The highest BCUT2D eigenvalue weighted by Gasteiger charge is 2.30. The highest BCUT2D eigenvalue weighted by atomic mass is 32.2. The third-order valence-electron chi connectivity index (χ3n) is 3.61. The van der Waals surface area contributed by atoms with Crippen molar-refractivity contribution in [3.63, 3.8) is 0 Å². The molecule has 1 aromatic heterocycles. The molecule has 0 aliphatic carbocycles. The van der Waals surface area contributed by atoms with Crippen LogP contribution in [0.1, 0.15) is 6.42 Å². The summed E-state index contributed by atoms with van der Waals surface area (Å²) < 4.78 is 26.8. The topological polar surface area (TPSA) is 57.7 Å². The molecule has 0 unspecified atom stereocenters. The quantitative estimate of drug-likeness (QED) is 0.863. The van der Waals surface area contributed by atoms with Crippen molar-refractivity contribution < 1.29 is 13.2 Å². The molecule has 0 N–H and O–H groups in total. The Balaban J connectivity index is 1.82. The van der Waals surface area contributed by atoms with Crippen LogP contribution in [-0.2, 0) is 14.8 Å². The minimum atomic E-state index is -3.50. The number of amides is 1. The van der Waals surface area contributed by atoms with Crippen LogP contribution in [0, 0.1) is 0 Å². The second-order valence-electron chi connectivity index (χ2n) is 4.97. The lowest BCUT2D eigenvalue weighted by molar-refractivity contribution is -0.118. The molecule has 22 heavy (non-hydrogen) atoms. The van der Waals surface area contributed by atoms with E-state index in [0.717, 1.165) is 5.69 Å². The number of sulfonamides is 1. The van der Waals surface area contributed by atoms with Crippen molar-refractivity contribution in [1.29, 1.82) is 0 Å². The molecule has 2 aromatic rings. The van der Waals surface area contributed by atoms with Gasteiger partial charge in [0.1, 0.15) is 4.21 Å². The summed E-state index contributed by atoms with van der Waals surface area (Å²) in [6.07, 6.45) is 0.194. The van der Waals surface area contributed by atoms with Gasteiger partial charge in [-0.15, -0.1) is 11.3 Å². The van der Waals surface area contributed by atoms with Crippen LogP contribution in [-0.4, -0.2) is 38.3 Å². The van der Waals surface area contributed by atoms with Crippen LogP contribution in [0.3, 0.4) is 0 Å². The fraction of sp³-hybridized carbons (Fsp3) is 0.267. The molecule has 7 heteroatoms. The van der Waals surface area contributed by atoms with E-state index in [1.54, 1.807) is 22.4 Å². The summed E-state index contributed by atoms with van der Waals surface area (Å²) in [5, 5.41) is 1.74. The average molecular weight is 336 g/mol. The summed E-state index contributed by atoms with van der Waals surface area (Å²) in [5.41, 5.74) is 0.808. The van der Waals surface area contributed by atoms with Crippen molar-refractivity contribution in [2.45, 2.75) is 10.6 Å². The van der Waals surface area contributed by atoms with Crippen LogP contribution in [0.5, 0.6) is 0 Å². The van der Waals surface area contributed by atoms with Crippen molar-refractivity contribution >= 4 is 33.0 Å². The molecule has 5 nitrogen and oxygen atoms in total. The Hall–Kier alpha value is -1.70. The molecule has 1 aromatic carbocycles. The van der Waals surface area contributed by atoms with Gasteiger partial charge >= 0.3 is 0 Å². The Morgan fingerprint density at radius 3 is 2.41 bits per heavy atom. The molecule has 2 heterocycles. The molecule has 0 radical (unpaired) electrons. The molecule has 1 amide bonds. The first kappa shape index (κ1) is 15.2. The lowest BCUT2D eigenvalue weighted by Gasteiger charge is -2.21. The molecule has 0 atom stereocenters. The van der Waals surface area contributed by atoms with Crippen LogP contribution in [0.2, 0.25) is 0 Å². The molecule has 0 saturated carbocycles. The summed E-state index contributed by atoms with van der Waals surface area (Å²) in [6.45, 7) is 0.900. The predicted molar refractivity (Wildman–Crippen MR) is 86.5 cm³/mol. The zero-order valence-electron chi connectivity index (χ0n) is 11.9. The van der Waals surface area contributed by atoms with Crippen molar-refractivity contribution in [3.05, 3.63) is 47.8 Å². The van der Waals surface area contributed by atoms with Gasteiger partial charge in [0, 0.05) is 31.7 Å². The first-order valence-electron chi connectivity index (χ1n) is 6.98. The molecule has 1 saturated heterocycles. The van der Waals surface area contributed by atoms with Crippen molar-refractivity contribution in [2.75, 3.05) is 24.5 Å². The lowest BCUT2D eigenvalue weighted by atomic mass is 10.2. The maximum absolute atomic E-state index is 12.6. The zero-order valence-corrected chi connectivity index (χ0v) is 13.5. The molecule has 1 fully saturated rings. The number of hydrogen-bond acceptors (Lipinski definition) is 4. The Kier molecular flexibility index (Phi) is 4.28. The smallest absolute Gasteiger partial charge is 0.252 e. The maximum Gasteiger partial charge on any atom is 0.252 e. The highest BCUT2D eigenvalue weighted by Crippen LogP contribution is 2.24. The minimum absolute atomic E-state index is 0.0462. The van der Waals surface area contributed by atoms with Crippen molar-refractivity contribution in [1.82, 2.24) is 4.31 Å². The molecule has 3 rings (SSSR count). The number of nitrogens with zero attached hydrogens (tertiary/aromatic N) is 2. The van der Waals surface area contributed by atoms with Gasteiger partial charge in [0.05, 0.1) is 0 Å². The Bertz CT molecular complexity index is 742. The van der Waals surface area contributed by atoms with Crippen LogP contribution < -0.4 is 4.90 Å². The number of carbonyl (C=O) groups is 1. The SMILES string of the molecule is O=C1CCN(S(=O)(=O)c2cccs2)CCN1c1ccccc1. The number of benzene rings is 1. The number of para-hydroxylation sites is 1. The van der Waals surface area contributed by atoms with Crippen LogP contribution in [0.25, 0.3) is 0 Å². The summed E-state index contributed by atoms with van der Waals surface area (Å²) in [4.78, 5) is 13.9. The number of carbonyl (C=O) groups excluding carboxylic acids is 1. The summed E-state index contributed by atoms with van der Waals surface area (Å²) in [5.74, 6) is -0.0462. The van der Waals surface area contributed by atoms with E-state index in [2.05, 4.69) is 0 Å². The monoisotopic (exact) mass is 336 g/mol. The Morgan fingerprint density at radius 1 is 0.955 bits per heavy atom. The molecule has 1 aliphatic rings. The standard InChI is InChI=1S/C15H16N2O3S2/c18-14-8-9-16(22(19,20)15-7-4-12-21-15)10-11-17(14)13-5-2-1-3-6-13/h1-7,12H,8-11H2. The van der Waals surface area contributed by atoms with Gasteiger partial charge in [-0.3, -0.25) is 4.79 Å². The van der Waals surface area contributed by atoms with Gasteiger partial charge in [-0.05, 0) is 23.6 Å². The summed E-state index contributed by atoms with van der Waals surface area (Å²) in [7, 11) is -3.50. The lowest BCUT2D eigenvalue weighted by Crippen LogP contribution is -2.35. The second kappa shape index (κ2) is 6.20. The number of thiophene rings is 1. The molecule has 1 aliphatic heterocycles. The summed E-state index contributed by atoms with van der Waals surface area (Å²) >= 11 is 1.20. The van der Waals surface area contributed by atoms with E-state index >= 15 is 0 Å². The second-order valence-corrected chi connectivity index (χ2v) is 8.08. The molecule has 116 valence electrons. The first-order chi connectivity index (χ1) is 10.6. The molecular formula is C15H16N2O3S2. The van der Waals surface area contributed by atoms with Gasteiger partial charge < -0.3 is 4.90 Å². The number of anilines is 1. The van der Waals surface area contributed by atoms with E-state index in [1.807, 2.05) is 30.3 Å². The van der Waals surface area contributed by atoms with E-state index in [-0.39, 0.29) is 18.9 Å². The van der Waals surface area contributed by atoms with Crippen LogP contribution in [0.4, 0.5) is 5.69 Å². The third-order valence-corrected chi connectivity index (χ3v) is 6.88. The van der Waals surface area contributed by atoms with Gasteiger partial charge in [-0.2, -0.15) is 4.31 Å². The fourth-order valence-electron chi connectivity index (χ4n) is 2.46. The molecular weight excluding hydrogens is 320 g/mol. The number of rotatable bonds is 3. The Labute approximate surface area is 133 Å². The van der Waals surface area contributed by atoms with E-state index in [9.17, 15) is 13.2 Å². The third kappa shape index (κ3) is 2.92. The van der Waals surface area contributed by atoms with Gasteiger partial charge in [-0.25, -0.2) is 8.42 Å². The van der Waals surface area contributed by atoms with Gasteiger partial charge in [0.15, 0.2) is 0 Å². The van der Waals surface area contributed by atoms with E-state index < -0.39 is 10.0 Å². The minimum Gasteiger partial charge on any atom is -0.311 e. The predicted octanol–water partition coefficient (Wildman–Crippen LogP) is 2.18. The van der Waals surface area contributed by atoms with Gasteiger partial charge in [-0.1, -0.05) is 24.3 Å². The Morgan fingerprint density at radius 2 is 1.73 bits per heavy atom. The first-order valence-corrected chi connectivity index (χ1v) is 9.30. The van der Waals surface area contributed by atoms with E-state index in [4.69, 9.17) is 0 Å². The molecule has 0 bridgehead atoms.